The molecule has 0 N–H and O–H groups in total. The monoisotopic (exact) mass is 446 g/mol. The van der Waals surface area contributed by atoms with E-state index in [0.29, 0.717) is 0 Å². The number of likely N-dealkylation sites (N-methyl/N-ethyl adjacent to an activating group) is 1. The fourth-order valence-electron chi connectivity index (χ4n) is 2.94. The van der Waals surface area contributed by atoms with Crippen LogP contribution in [0.25, 0.3) is 21.6 Å². The smallest absolute Gasteiger partial charge is 0.335 e. The highest BCUT2D eigenvalue weighted by Gasteiger charge is 2.31. The fraction of sp³-hybridized carbons (Fsp3) is 0.250. The molecule has 0 radical (unpaired) electrons. The molecule has 31 heavy (non-hydrogen) atoms. The van der Waals surface area contributed by atoms with E-state index in [0.717, 1.165) is 32.2 Å². The first-order chi connectivity index (χ1) is 14.7. The van der Waals surface area contributed by atoms with E-state index in [1.807, 2.05) is 31.2 Å². The molecule has 2 aromatic heterocycles. The highest BCUT2D eigenvalue weighted by molar-refractivity contribution is 7.18. The number of nitrogens with zero attached hydrogens (tertiary/aromatic N) is 6. The summed E-state index contributed by atoms with van der Waals surface area (Å²) >= 11 is 1.51. The van der Waals surface area contributed by atoms with Crippen LogP contribution in [0, 0.1) is 0 Å². The molecule has 2 aromatic carbocycles. The SMILES string of the molecule is CC(c1nc2ccccc2s1)N(C)C(=O)Cn1nnc(-c2cccc(C(F)(F)F)c2)n1. The first kappa shape index (κ1) is 20.9. The summed E-state index contributed by atoms with van der Waals surface area (Å²) in [7, 11) is 1.66. The molecular formula is C20H17F3N6OS. The quantitative estimate of drug-likeness (QED) is 0.460. The second-order valence-corrected chi connectivity index (χ2v) is 7.98. The average Bonchev–Trinajstić information content (AvgIpc) is 3.39. The maximum absolute atomic E-state index is 12.9. The zero-order valence-electron chi connectivity index (χ0n) is 16.5. The van der Waals surface area contributed by atoms with Gasteiger partial charge in [-0.2, -0.15) is 18.0 Å². The van der Waals surface area contributed by atoms with Gasteiger partial charge in [-0.1, -0.05) is 24.3 Å². The number of tetrazole rings is 1. The third-order valence-corrected chi connectivity index (χ3v) is 6.03. The number of alkyl halides is 3. The molecule has 0 fully saturated rings. The number of benzene rings is 2. The van der Waals surface area contributed by atoms with Crippen LogP contribution in [-0.4, -0.2) is 43.0 Å². The Hall–Kier alpha value is -3.34. The minimum Gasteiger partial charge on any atom is -0.335 e. The van der Waals surface area contributed by atoms with Gasteiger partial charge in [0.15, 0.2) is 0 Å². The lowest BCUT2D eigenvalue weighted by atomic mass is 10.1. The number of rotatable bonds is 5. The van der Waals surface area contributed by atoms with Gasteiger partial charge in [-0.05, 0) is 36.4 Å². The highest BCUT2D eigenvalue weighted by Crippen LogP contribution is 2.31. The summed E-state index contributed by atoms with van der Waals surface area (Å²) in [5.74, 6) is -0.263. The summed E-state index contributed by atoms with van der Waals surface area (Å²) < 4.78 is 39.8. The largest absolute Gasteiger partial charge is 0.416 e. The van der Waals surface area contributed by atoms with E-state index in [2.05, 4.69) is 20.4 Å². The van der Waals surface area contributed by atoms with Gasteiger partial charge >= 0.3 is 6.18 Å². The number of hydrogen-bond acceptors (Lipinski definition) is 6. The molecule has 1 amide bonds. The maximum atomic E-state index is 12.9. The molecule has 2 heterocycles. The van der Waals surface area contributed by atoms with Crippen LogP contribution in [0.1, 0.15) is 23.5 Å². The van der Waals surface area contributed by atoms with Crippen LogP contribution in [0.3, 0.4) is 0 Å². The van der Waals surface area contributed by atoms with Crippen LogP contribution in [0.15, 0.2) is 48.5 Å². The van der Waals surface area contributed by atoms with E-state index < -0.39 is 11.7 Å². The molecule has 0 bridgehead atoms. The third kappa shape index (κ3) is 4.41. The Kier molecular flexibility index (Phi) is 5.44. The van der Waals surface area contributed by atoms with Gasteiger partial charge in [-0.15, -0.1) is 21.5 Å². The minimum absolute atomic E-state index is 0.0146. The molecule has 1 atom stereocenters. The van der Waals surface area contributed by atoms with Crippen molar-refractivity contribution in [3.8, 4) is 11.4 Å². The number of para-hydroxylation sites is 1. The number of aromatic nitrogens is 5. The third-order valence-electron chi connectivity index (χ3n) is 4.82. The number of halogens is 3. The number of carbonyl (C=O) groups excluding carboxylic acids is 1. The fourth-order valence-corrected chi connectivity index (χ4v) is 4.01. The van der Waals surface area contributed by atoms with Gasteiger partial charge in [0.2, 0.25) is 11.7 Å². The zero-order valence-corrected chi connectivity index (χ0v) is 17.4. The van der Waals surface area contributed by atoms with Crippen molar-refractivity contribution in [3.05, 3.63) is 59.1 Å². The van der Waals surface area contributed by atoms with Gasteiger partial charge in [0.05, 0.1) is 21.8 Å². The molecule has 7 nitrogen and oxygen atoms in total. The Morgan fingerprint density at radius 2 is 1.97 bits per heavy atom. The molecule has 4 aromatic rings. The lowest BCUT2D eigenvalue weighted by molar-refractivity contribution is -0.137. The summed E-state index contributed by atoms with van der Waals surface area (Å²) in [6, 6.07) is 12.1. The molecule has 0 saturated heterocycles. The van der Waals surface area contributed by atoms with Gasteiger partial charge in [-0.25, -0.2) is 4.98 Å². The van der Waals surface area contributed by atoms with E-state index in [1.165, 1.54) is 28.4 Å². The zero-order chi connectivity index (χ0) is 22.2. The first-order valence-electron chi connectivity index (χ1n) is 9.29. The van der Waals surface area contributed by atoms with Gasteiger partial charge in [0.1, 0.15) is 11.6 Å². The normalized spacial score (nSPS) is 12.8. The van der Waals surface area contributed by atoms with Crippen LogP contribution in [0.4, 0.5) is 13.2 Å². The van der Waals surface area contributed by atoms with Crippen molar-refractivity contribution < 1.29 is 18.0 Å². The van der Waals surface area contributed by atoms with Crippen LogP contribution in [0.5, 0.6) is 0 Å². The van der Waals surface area contributed by atoms with E-state index in [4.69, 9.17) is 0 Å². The van der Waals surface area contributed by atoms with E-state index >= 15 is 0 Å². The lowest BCUT2D eigenvalue weighted by Gasteiger charge is -2.22. The second kappa shape index (κ2) is 8.06. The number of hydrogen-bond donors (Lipinski definition) is 0. The summed E-state index contributed by atoms with van der Waals surface area (Å²) in [5, 5.41) is 12.5. The Morgan fingerprint density at radius 1 is 1.19 bits per heavy atom. The molecule has 0 aliphatic rings. The van der Waals surface area contributed by atoms with Crippen molar-refractivity contribution in [2.75, 3.05) is 7.05 Å². The molecule has 0 aliphatic heterocycles. The molecule has 160 valence electrons. The highest BCUT2D eigenvalue weighted by atomic mass is 32.1. The lowest BCUT2D eigenvalue weighted by Crippen LogP contribution is -2.33. The van der Waals surface area contributed by atoms with Crippen molar-refractivity contribution in [2.45, 2.75) is 25.7 Å². The van der Waals surface area contributed by atoms with E-state index in [-0.39, 0.29) is 29.9 Å². The molecule has 1 unspecified atom stereocenters. The molecule has 0 saturated carbocycles. The van der Waals surface area contributed by atoms with Crippen LogP contribution in [0.2, 0.25) is 0 Å². The maximum Gasteiger partial charge on any atom is 0.416 e. The molecule has 11 heteroatoms. The Bertz CT molecular complexity index is 1200. The van der Waals surface area contributed by atoms with Crippen LogP contribution >= 0.6 is 11.3 Å². The minimum atomic E-state index is -4.47. The van der Waals surface area contributed by atoms with Crippen LogP contribution < -0.4 is 0 Å². The second-order valence-electron chi connectivity index (χ2n) is 6.92. The van der Waals surface area contributed by atoms with Gasteiger partial charge < -0.3 is 4.90 Å². The van der Waals surface area contributed by atoms with Crippen molar-refractivity contribution in [3.63, 3.8) is 0 Å². The number of amides is 1. The summed E-state index contributed by atoms with van der Waals surface area (Å²) in [6.07, 6.45) is -4.47. The van der Waals surface area contributed by atoms with Gasteiger partial charge in [0.25, 0.3) is 0 Å². The van der Waals surface area contributed by atoms with Crippen LogP contribution in [-0.2, 0) is 17.5 Å². The Labute approximate surface area is 179 Å². The van der Waals surface area contributed by atoms with Gasteiger partial charge in [-0.3, -0.25) is 4.79 Å². The average molecular weight is 446 g/mol. The topological polar surface area (TPSA) is 76.8 Å². The Morgan fingerprint density at radius 3 is 2.71 bits per heavy atom. The molecule has 0 spiro atoms. The standard InChI is InChI=1S/C20H17F3N6OS/c1-12(19-24-15-8-3-4-9-16(15)31-19)28(2)17(30)11-29-26-18(25-27-29)13-6-5-7-14(10-13)20(21,22)23/h3-10,12H,11H2,1-2H3. The van der Waals surface area contributed by atoms with Gasteiger partial charge in [0, 0.05) is 12.6 Å². The number of carbonyl (C=O) groups is 1. The molecular weight excluding hydrogens is 429 g/mol. The number of fused-ring (bicyclic) bond motifs is 1. The predicted molar refractivity (Wildman–Crippen MR) is 109 cm³/mol. The summed E-state index contributed by atoms with van der Waals surface area (Å²) in [4.78, 5) is 19.9. The van der Waals surface area contributed by atoms with Crippen molar-refractivity contribution in [1.29, 1.82) is 0 Å². The van der Waals surface area contributed by atoms with E-state index in [1.54, 1.807) is 7.05 Å². The first-order valence-corrected chi connectivity index (χ1v) is 10.1. The van der Waals surface area contributed by atoms with Crippen molar-refractivity contribution in [2.24, 2.45) is 0 Å². The van der Waals surface area contributed by atoms with E-state index in [9.17, 15) is 18.0 Å². The van der Waals surface area contributed by atoms with Crippen molar-refractivity contribution >= 4 is 27.5 Å². The summed E-state index contributed by atoms with van der Waals surface area (Å²) in [5.41, 5.74) is 0.241. The Balaban J connectivity index is 1.47. The molecule has 4 rings (SSSR count). The van der Waals surface area contributed by atoms with Crippen molar-refractivity contribution in [1.82, 2.24) is 30.1 Å². The predicted octanol–water partition coefficient (Wildman–Crippen LogP) is 4.19. The molecule has 0 aliphatic carbocycles. The number of thiazole rings is 1. The summed E-state index contributed by atoms with van der Waals surface area (Å²) in [6.45, 7) is 1.68.